The number of aromatic nitrogens is 2. The number of rotatable bonds is 3. The number of ether oxygens (including phenoxy) is 2. The van der Waals surface area contributed by atoms with Crippen molar-refractivity contribution in [2.24, 2.45) is 0 Å². The van der Waals surface area contributed by atoms with Crippen LogP contribution in [0.3, 0.4) is 0 Å². The normalized spacial score (nSPS) is 10.0. The molecule has 0 amide bonds. The second kappa shape index (κ2) is 4.97. The predicted octanol–water partition coefficient (Wildman–Crippen LogP) is 2.82. The van der Waals surface area contributed by atoms with Gasteiger partial charge in [0.1, 0.15) is 16.1 Å². The minimum Gasteiger partial charge on any atom is -0.496 e. The average Bonchev–Trinajstić information content (AvgIpc) is 2.38. The van der Waals surface area contributed by atoms with Gasteiger partial charge < -0.3 is 9.47 Å². The van der Waals surface area contributed by atoms with Gasteiger partial charge in [-0.3, -0.25) is 5.10 Å². The van der Waals surface area contributed by atoms with Crippen LogP contribution in [0, 0.1) is 4.64 Å². The van der Waals surface area contributed by atoms with Crippen molar-refractivity contribution in [3.63, 3.8) is 0 Å². The highest BCUT2D eigenvalue weighted by Gasteiger charge is 2.13. The molecule has 0 saturated carbocycles. The zero-order valence-corrected chi connectivity index (χ0v) is 10.4. The van der Waals surface area contributed by atoms with E-state index >= 15 is 0 Å². The van der Waals surface area contributed by atoms with Gasteiger partial charge in [0.25, 0.3) is 0 Å². The molecule has 5 heteroatoms. The number of methoxy groups -OCH3 is 2. The first-order chi connectivity index (χ1) is 8.26. The molecule has 0 aliphatic rings. The molecule has 0 spiro atoms. The van der Waals surface area contributed by atoms with Crippen molar-refractivity contribution < 1.29 is 9.47 Å². The molecule has 2 rings (SSSR count). The van der Waals surface area contributed by atoms with Crippen LogP contribution in [0.4, 0.5) is 0 Å². The first-order valence-corrected chi connectivity index (χ1v) is 5.44. The summed E-state index contributed by atoms with van der Waals surface area (Å²) < 4.78 is 11.2. The second-order valence-electron chi connectivity index (χ2n) is 3.34. The van der Waals surface area contributed by atoms with Gasteiger partial charge in [0.05, 0.1) is 25.5 Å². The number of nitrogens with one attached hydrogen (secondary N) is 1. The monoisotopic (exact) mass is 248 g/mol. The fourth-order valence-electron chi connectivity index (χ4n) is 1.59. The summed E-state index contributed by atoms with van der Waals surface area (Å²) in [5, 5.41) is 6.93. The Morgan fingerprint density at radius 3 is 2.18 bits per heavy atom. The smallest absolute Gasteiger partial charge is 0.132 e. The van der Waals surface area contributed by atoms with Crippen LogP contribution in [0.5, 0.6) is 11.5 Å². The van der Waals surface area contributed by atoms with Gasteiger partial charge in [0, 0.05) is 0 Å². The van der Waals surface area contributed by atoms with Crippen molar-refractivity contribution in [2.45, 2.75) is 0 Å². The topological polar surface area (TPSA) is 47.1 Å². The van der Waals surface area contributed by atoms with E-state index in [0.29, 0.717) is 16.1 Å². The van der Waals surface area contributed by atoms with Crippen molar-refractivity contribution >= 4 is 12.2 Å². The van der Waals surface area contributed by atoms with Crippen molar-refractivity contribution in [3.8, 4) is 22.8 Å². The summed E-state index contributed by atoms with van der Waals surface area (Å²) in [4.78, 5) is 0. The van der Waals surface area contributed by atoms with Crippen LogP contribution >= 0.6 is 12.2 Å². The standard InChI is InChI=1S/C12H12N2O2S/c1-15-9-4-3-5-10(16-2)12(9)8-6-7-11(17)14-13-8/h3-7H,1-2H3,(H,14,17). The summed E-state index contributed by atoms with van der Waals surface area (Å²) in [6, 6.07) is 9.21. The van der Waals surface area contributed by atoms with E-state index in [0.717, 1.165) is 11.3 Å². The summed E-state index contributed by atoms with van der Waals surface area (Å²) in [5.41, 5.74) is 1.54. The number of benzene rings is 1. The molecule has 1 aromatic carbocycles. The van der Waals surface area contributed by atoms with E-state index in [4.69, 9.17) is 21.7 Å². The molecule has 0 saturated heterocycles. The van der Waals surface area contributed by atoms with Crippen LogP contribution in [-0.2, 0) is 0 Å². The number of nitrogens with zero attached hydrogens (tertiary/aromatic N) is 1. The molecule has 1 N–H and O–H groups in total. The summed E-state index contributed by atoms with van der Waals surface area (Å²) >= 11 is 4.96. The van der Waals surface area contributed by atoms with Gasteiger partial charge in [-0.2, -0.15) is 5.10 Å². The average molecular weight is 248 g/mol. The lowest BCUT2D eigenvalue weighted by atomic mass is 10.1. The van der Waals surface area contributed by atoms with Crippen molar-refractivity contribution in [2.75, 3.05) is 14.2 Å². The van der Waals surface area contributed by atoms with Crippen LogP contribution in [0.2, 0.25) is 0 Å². The summed E-state index contributed by atoms with van der Waals surface area (Å²) in [5.74, 6) is 1.42. The first kappa shape index (κ1) is 11.6. The number of H-pyrrole nitrogens is 1. The number of aromatic amines is 1. The van der Waals surface area contributed by atoms with Gasteiger partial charge in [-0.05, 0) is 24.3 Å². The Morgan fingerprint density at radius 2 is 1.71 bits per heavy atom. The highest BCUT2D eigenvalue weighted by atomic mass is 32.1. The van der Waals surface area contributed by atoms with Crippen LogP contribution < -0.4 is 9.47 Å². The molecule has 17 heavy (non-hydrogen) atoms. The number of hydrogen-bond donors (Lipinski definition) is 1. The van der Waals surface area contributed by atoms with Gasteiger partial charge in [-0.15, -0.1) is 0 Å². The van der Waals surface area contributed by atoms with Gasteiger partial charge in [-0.1, -0.05) is 18.3 Å². The summed E-state index contributed by atoms with van der Waals surface area (Å²) in [7, 11) is 3.23. The van der Waals surface area contributed by atoms with Crippen molar-refractivity contribution in [3.05, 3.63) is 35.0 Å². The van der Waals surface area contributed by atoms with E-state index in [1.54, 1.807) is 20.3 Å². The Balaban J connectivity index is 2.63. The van der Waals surface area contributed by atoms with E-state index in [1.165, 1.54) is 0 Å². The Morgan fingerprint density at radius 1 is 1.06 bits per heavy atom. The molecule has 0 atom stereocenters. The van der Waals surface area contributed by atoms with E-state index in [1.807, 2.05) is 24.3 Å². The van der Waals surface area contributed by atoms with E-state index < -0.39 is 0 Å². The molecule has 0 unspecified atom stereocenters. The van der Waals surface area contributed by atoms with Crippen LogP contribution in [-0.4, -0.2) is 24.4 Å². The second-order valence-corrected chi connectivity index (χ2v) is 3.78. The maximum atomic E-state index is 5.31. The summed E-state index contributed by atoms with van der Waals surface area (Å²) in [6.45, 7) is 0. The van der Waals surface area contributed by atoms with Crippen molar-refractivity contribution in [1.29, 1.82) is 0 Å². The minimum absolute atomic E-state index is 0.586. The molecule has 0 aliphatic heterocycles. The molecule has 1 aromatic heterocycles. The molecule has 0 radical (unpaired) electrons. The zero-order valence-electron chi connectivity index (χ0n) is 9.56. The van der Waals surface area contributed by atoms with Gasteiger partial charge in [0.2, 0.25) is 0 Å². The largest absolute Gasteiger partial charge is 0.496 e. The molecule has 0 fully saturated rings. The van der Waals surface area contributed by atoms with E-state index in [2.05, 4.69) is 10.2 Å². The molecular formula is C12H12N2O2S. The Bertz CT molecular complexity index is 538. The van der Waals surface area contributed by atoms with Gasteiger partial charge in [-0.25, -0.2) is 0 Å². The fraction of sp³-hybridized carbons (Fsp3) is 0.167. The first-order valence-electron chi connectivity index (χ1n) is 5.03. The van der Waals surface area contributed by atoms with Crippen LogP contribution in [0.1, 0.15) is 0 Å². The highest BCUT2D eigenvalue weighted by molar-refractivity contribution is 7.71. The van der Waals surface area contributed by atoms with Crippen LogP contribution in [0.15, 0.2) is 30.3 Å². The lowest BCUT2D eigenvalue weighted by molar-refractivity contribution is 0.397. The summed E-state index contributed by atoms with van der Waals surface area (Å²) in [6.07, 6.45) is 0. The quantitative estimate of drug-likeness (QED) is 0.848. The SMILES string of the molecule is COc1cccc(OC)c1-c1ccc(=S)[nH]n1. The van der Waals surface area contributed by atoms with E-state index in [9.17, 15) is 0 Å². The maximum Gasteiger partial charge on any atom is 0.132 e. The molecule has 4 nitrogen and oxygen atoms in total. The molecule has 0 bridgehead atoms. The third-order valence-corrected chi connectivity index (χ3v) is 2.59. The highest BCUT2D eigenvalue weighted by Crippen LogP contribution is 2.36. The lowest BCUT2D eigenvalue weighted by Crippen LogP contribution is -1.95. The fourth-order valence-corrected chi connectivity index (χ4v) is 1.70. The Kier molecular flexibility index (Phi) is 3.39. The third-order valence-electron chi connectivity index (χ3n) is 2.36. The Labute approximate surface area is 104 Å². The van der Waals surface area contributed by atoms with E-state index in [-0.39, 0.29) is 0 Å². The predicted molar refractivity (Wildman–Crippen MR) is 68.0 cm³/mol. The molecular weight excluding hydrogens is 236 g/mol. The third kappa shape index (κ3) is 2.29. The number of hydrogen-bond acceptors (Lipinski definition) is 4. The lowest BCUT2D eigenvalue weighted by Gasteiger charge is -2.11. The minimum atomic E-state index is 0.586. The van der Waals surface area contributed by atoms with Gasteiger partial charge in [0.15, 0.2) is 0 Å². The molecule has 0 aliphatic carbocycles. The van der Waals surface area contributed by atoms with Crippen LogP contribution in [0.25, 0.3) is 11.3 Å². The Hall–Kier alpha value is -1.88. The van der Waals surface area contributed by atoms with Gasteiger partial charge >= 0.3 is 0 Å². The maximum absolute atomic E-state index is 5.31. The molecule has 2 aromatic rings. The van der Waals surface area contributed by atoms with Crippen molar-refractivity contribution in [1.82, 2.24) is 10.2 Å². The molecule has 1 heterocycles. The zero-order chi connectivity index (χ0) is 12.3. The molecule has 88 valence electrons.